The van der Waals surface area contributed by atoms with E-state index in [-0.39, 0.29) is 11.1 Å². The zero-order valence-electron chi connectivity index (χ0n) is 15.2. The number of nitrogens with zero attached hydrogens (tertiary/aromatic N) is 3. The summed E-state index contributed by atoms with van der Waals surface area (Å²) in [5.41, 5.74) is 0.892. The molecule has 0 atom stereocenters. The molecule has 1 aliphatic rings. The van der Waals surface area contributed by atoms with Gasteiger partial charge in [0, 0.05) is 30.9 Å². The van der Waals surface area contributed by atoms with Gasteiger partial charge in [0.2, 0.25) is 0 Å². The van der Waals surface area contributed by atoms with Crippen LogP contribution in [0.15, 0.2) is 4.47 Å². The topological polar surface area (TPSA) is 61.5 Å². The summed E-state index contributed by atoms with van der Waals surface area (Å²) in [7, 11) is 2.17. The van der Waals surface area contributed by atoms with E-state index in [1.54, 1.807) is 0 Å². The van der Waals surface area contributed by atoms with E-state index in [1.807, 2.05) is 27.7 Å². The lowest BCUT2D eigenvalue weighted by Gasteiger charge is -2.46. The lowest BCUT2D eigenvalue weighted by molar-refractivity contribution is -0.138. The Labute approximate surface area is 147 Å². The molecule has 0 aliphatic carbocycles. The highest BCUT2D eigenvalue weighted by molar-refractivity contribution is 9.10. The second-order valence-electron chi connectivity index (χ2n) is 7.51. The minimum Gasteiger partial charge on any atom is -0.462 e. The molecule has 7 heteroatoms. The molecule has 0 amide bonds. The Hall–Kier alpha value is -1.08. The number of hydrogen-bond donors (Lipinski definition) is 1. The molecule has 6 nitrogen and oxygen atoms in total. The number of piperazine rings is 1. The second-order valence-corrected chi connectivity index (χ2v) is 8.31. The van der Waals surface area contributed by atoms with Crippen LogP contribution in [0.3, 0.4) is 0 Å². The number of aromatic nitrogens is 2. The standard InChI is InChI=1S/C11H19BrN4.C5H10O2/c1-8-9(12)10(14-13-8)16-6-5-15(4)7-11(16,2)3;1-5(2,3)7-4-6/h5-7H2,1-4H3,(H,13,14);4H,1-3H3. The van der Waals surface area contributed by atoms with E-state index in [2.05, 4.69) is 61.6 Å². The number of carbonyl (C=O) groups is 1. The summed E-state index contributed by atoms with van der Waals surface area (Å²) in [5.74, 6) is 1.04. The Kier molecular flexibility index (Phi) is 6.65. The molecule has 1 aromatic rings. The van der Waals surface area contributed by atoms with E-state index in [1.165, 1.54) is 0 Å². The van der Waals surface area contributed by atoms with Gasteiger partial charge in [-0.05, 0) is 64.5 Å². The summed E-state index contributed by atoms with van der Waals surface area (Å²) in [6.07, 6.45) is 0. The number of hydrogen-bond acceptors (Lipinski definition) is 5. The van der Waals surface area contributed by atoms with Gasteiger partial charge in [-0.1, -0.05) is 0 Å². The first-order chi connectivity index (χ1) is 10.5. The van der Waals surface area contributed by atoms with Crippen molar-refractivity contribution >= 4 is 28.2 Å². The SMILES string of the molecule is CC(C)(C)OC=O.Cc1[nH]nc(N2CCN(C)CC2(C)C)c1Br. The summed E-state index contributed by atoms with van der Waals surface area (Å²) in [4.78, 5) is 14.3. The van der Waals surface area contributed by atoms with Gasteiger partial charge < -0.3 is 14.5 Å². The Bertz CT molecular complexity index is 523. The Morgan fingerprint density at radius 1 is 1.35 bits per heavy atom. The Balaban J connectivity index is 0.000000322. The largest absolute Gasteiger partial charge is 0.462 e. The molecule has 0 aromatic carbocycles. The first-order valence-electron chi connectivity index (χ1n) is 7.76. The van der Waals surface area contributed by atoms with Gasteiger partial charge in [-0.25, -0.2) is 0 Å². The van der Waals surface area contributed by atoms with E-state index in [0.29, 0.717) is 6.47 Å². The molecule has 0 radical (unpaired) electrons. The zero-order chi connectivity index (χ0) is 17.8. The summed E-state index contributed by atoms with van der Waals surface area (Å²) in [5, 5.41) is 7.43. The van der Waals surface area contributed by atoms with E-state index in [0.717, 1.165) is 35.6 Å². The predicted molar refractivity (Wildman–Crippen MR) is 96.8 cm³/mol. The van der Waals surface area contributed by atoms with Gasteiger partial charge in [0.05, 0.1) is 4.47 Å². The minimum absolute atomic E-state index is 0.122. The van der Waals surface area contributed by atoms with Crippen LogP contribution in [0.2, 0.25) is 0 Å². The molecule has 1 saturated heterocycles. The number of likely N-dealkylation sites (N-methyl/N-ethyl adjacent to an activating group) is 1. The van der Waals surface area contributed by atoms with Crippen molar-refractivity contribution in [2.75, 3.05) is 31.6 Å². The van der Waals surface area contributed by atoms with Crippen LogP contribution in [0.5, 0.6) is 0 Å². The van der Waals surface area contributed by atoms with Crippen molar-refractivity contribution in [3.8, 4) is 0 Å². The fourth-order valence-electron chi connectivity index (χ4n) is 2.52. The third-order valence-corrected chi connectivity index (χ3v) is 4.55. The zero-order valence-corrected chi connectivity index (χ0v) is 16.8. The number of halogens is 1. The number of rotatable bonds is 2. The van der Waals surface area contributed by atoms with Crippen LogP contribution in [0, 0.1) is 6.92 Å². The van der Waals surface area contributed by atoms with Crippen molar-refractivity contribution in [2.45, 2.75) is 52.7 Å². The van der Waals surface area contributed by atoms with Gasteiger partial charge in [0.15, 0.2) is 5.82 Å². The lowest BCUT2D eigenvalue weighted by Crippen LogP contribution is -2.58. The van der Waals surface area contributed by atoms with E-state index in [4.69, 9.17) is 0 Å². The van der Waals surface area contributed by atoms with Gasteiger partial charge in [0.25, 0.3) is 6.47 Å². The summed E-state index contributed by atoms with van der Waals surface area (Å²) in [6.45, 7) is 15.6. The average molecular weight is 389 g/mol. The lowest BCUT2D eigenvalue weighted by atomic mass is 9.99. The first-order valence-corrected chi connectivity index (χ1v) is 8.55. The van der Waals surface area contributed by atoms with Gasteiger partial charge >= 0.3 is 0 Å². The smallest absolute Gasteiger partial charge is 0.293 e. The van der Waals surface area contributed by atoms with Crippen molar-refractivity contribution in [3.63, 3.8) is 0 Å². The van der Waals surface area contributed by atoms with Gasteiger partial charge in [0.1, 0.15) is 5.60 Å². The van der Waals surface area contributed by atoms with Crippen molar-refractivity contribution in [2.24, 2.45) is 0 Å². The van der Waals surface area contributed by atoms with Crippen molar-refractivity contribution in [1.29, 1.82) is 0 Å². The van der Waals surface area contributed by atoms with Crippen LogP contribution < -0.4 is 4.90 Å². The van der Waals surface area contributed by atoms with Crippen molar-refractivity contribution in [1.82, 2.24) is 15.1 Å². The van der Waals surface area contributed by atoms with Gasteiger partial charge in [-0.2, -0.15) is 5.10 Å². The molecule has 0 bridgehead atoms. The molecular weight excluding hydrogens is 360 g/mol. The number of H-pyrrole nitrogens is 1. The molecular formula is C16H29BrN4O2. The third kappa shape index (κ3) is 5.80. The predicted octanol–water partition coefficient (Wildman–Crippen LogP) is 2.97. The maximum Gasteiger partial charge on any atom is 0.293 e. The Morgan fingerprint density at radius 3 is 2.30 bits per heavy atom. The molecule has 1 N–H and O–H groups in total. The number of aromatic amines is 1. The summed E-state index contributed by atoms with van der Waals surface area (Å²) >= 11 is 3.60. The molecule has 2 heterocycles. The van der Waals surface area contributed by atoms with Crippen LogP contribution in [-0.4, -0.2) is 59.4 Å². The van der Waals surface area contributed by atoms with E-state index < -0.39 is 0 Å². The molecule has 0 saturated carbocycles. The maximum absolute atomic E-state index is 9.60. The van der Waals surface area contributed by atoms with E-state index in [9.17, 15) is 4.79 Å². The number of aryl methyl sites for hydroxylation is 1. The normalized spacial score (nSPS) is 18.2. The molecule has 1 aromatic heterocycles. The Morgan fingerprint density at radius 2 is 1.96 bits per heavy atom. The molecule has 132 valence electrons. The van der Waals surface area contributed by atoms with E-state index >= 15 is 0 Å². The summed E-state index contributed by atoms with van der Waals surface area (Å²) in [6, 6.07) is 0. The highest BCUT2D eigenvalue weighted by Crippen LogP contribution is 2.33. The fourth-order valence-corrected chi connectivity index (χ4v) is 2.91. The first kappa shape index (κ1) is 20.0. The quantitative estimate of drug-likeness (QED) is 0.788. The fraction of sp³-hybridized carbons (Fsp3) is 0.750. The number of ether oxygens (including phenoxy) is 1. The third-order valence-electron chi connectivity index (χ3n) is 3.61. The molecule has 0 unspecified atom stereocenters. The van der Waals surface area contributed by atoms with Crippen LogP contribution in [0.1, 0.15) is 40.3 Å². The van der Waals surface area contributed by atoms with Crippen molar-refractivity contribution < 1.29 is 9.53 Å². The monoisotopic (exact) mass is 388 g/mol. The molecule has 1 fully saturated rings. The second kappa shape index (κ2) is 7.66. The molecule has 0 spiro atoms. The molecule has 23 heavy (non-hydrogen) atoms. The van der Waals surface area contributed by atoms with Gasteiger partial charge in [-0.15, -0.1) is 0 Å². The highest BCUT2D eigenvalue weighted by Gasteiger charge is 2.34. The van der Waals surface area contributed by atoms with Gasteiger partial charge in [-0.3, -0.25) is 9.89 Å². The molecule has 2 rings (SSSR count). The number of nitrogens with one attached hydrogen (secondary N) is 1. The maximum atomic E-state index is 9.60. The minimum atomic E-state index is -0.318. The average Bonchev–Trinajstić information content (AvgIpc) is 2.69. The van der Waals surface area contributed by atoms with Crippen LogP contribution in [-0.2, 0) is 9.53 Å². The summed E-state index contributed by atoms with van der Waals surface area (Å²) < 4.78 is 5.64. The highest BCUT2D eigenvalue weighted by atomic mass is 79.9. The van der Waals surface area contributed by atoms with Crippen LogP contribution in [0.4, 0.5) is 5.82 Å². The molecule has 1 aliphatic heterocycles. The van der Waals surface area contributed by atoms with Crippen molar-refractivity contribution in [3.05, 3.63) is 10.2 Å². The number of carbonyl (C=O) groups excluding carboxylic acids is 1. The van der Waals surface area contributed by atoms with Crippen LogP contribution in [0.25, 0.3) is 0 Å². The van der Waals surface area contributed by atoms with Crippen LogP contribution >= 0.6 is 15.9 Å². The number of anilines is 1.